The largest absolute Gasteiger partial charge is 0.481 e. The van der Waals surface area contributed by atoms with E-state index in [-0.39, 0.29) is 11.9 Å². The molecule has 1 aliphatic carbocycles. The first-order chi connectivity index (χ1) is 14.5. The Kier molecular flexibility index (Phi) is 14.6. The number of aliphatic carboxylic acids is 1. The zero-order chi connectivity index (χ0) is 22.1. The number of rotatable bonds is 17. The maximum Gasteiger partial charge on any atom is 0.309 e. The van der Waals surface area contributed by atoms with Gasteiger partial charge < -0.3 is 10.4 Å². The first-order valence-electron chi connectivity index (χ1n) is 12.7. The average molecular weight is 422 g/mol. The van der Waals surface area contributed by atoms with E-state index in [9.17, 15) is 14.7 Å². The molecule has 1 aliphatic rings. The molecule has 4 nitrogen and oxygen atoms in total. The highest BCUT2D eigenvalue weighted by Crippen LogP contribution is 2.36. The lowest BCUT2D eigenvalue weighted by molar-refractivity contribution is -0.150. The number of carbonyl (C=O) groups is 2. The van der Waals surface area contributed by atoms with Crippen LogP contribution in [0.2, 0.25) is 0 Å². The normalized spacial score (nSPS) is 21.7. The molecule has 0 unspecified atom stereocenters. The monoisotopic (exact) mass is 421 g/mol. The molecule has 174 valence electrons. The number of allylic oxidation sites excluding steroid dienone is 2. The maximum absolute atomic E-state index is 12.1. The van der Waals surface area contributed by atoms with E-state index in [1.165, 1.54) is 70.6 Å². The van der Waals surface area contributed by atoms with Crippen molar-refractivity contribution in [3.63, 3.8) is 0 Å². The standard InChI is InChI=1S/C26H47NO3/c1-3-4-5-6-7-8-9-10-11-12-13-14-15-16-17-18-24(28)27-23-19-21-26(2,22-20-23)25(29)30/h10-11,23H,3-9,12-22H2,1-2H3,(H,27,28)(H,29,30). The summed E-state index contributed by atoms with van der Waals surface area (Å²) >= 11 is 0. The number of hydrogen-bond acceptors (Lipinski definition) is 2. The molecule has 1 fully saturated rings. The van der Waals surface area contributed by atoms with Crippen LogP contribution in [0.5, 0.6) is 0 Å². The minimum Gasteiger partial charge on any atom is -0.481 e. The van der Waals surface area contributed by atoms with E-state index in [0.29, 0.717) is 19.3 Å². The van der Waals surface area contributed by atoms with Crippen molar-refractivity contribution in [3.05, 3.63) is 12.2 Å². The Bertz CT molecular complexity index is 493. The van der Waals surface area contributed by atoms with Crippen molar-refractivity contribution in [1.82, 2.24) is 5.32 Å². The highest BCUT2D eigenvalue weighted by molar-refractivity contribution is 5.76. The number of amides is 1. The van der Waals surface area contributed by atoms with Crippen molar-refractivity contribution in [3.8, 4) is 0 Å². The van der Waals surface area contributed by atoms with E-state index in [2.05, 4.69) is 24.4 Å². The second-order valence-corrected chi connectivity index (χ2v) is 9.54. The fraction of sp³-hybridized carbons (Fsp3) is 0.846. The summed E-state index contributed by atoms with van der Waals surface area (Å²) in [5.41, 5.74) is -0.606. The van der Waals surface area contributed by atoms with Gasteiger partial charge in [0, 0.05) is 12.5 Å². The van der Waals surface area contributed by atoms with Crippen LogP contribution in [0.3, 0.4) is 0 Å². The van der Waals surface area contributed by atoms with Gasteiger partial charge in [-0.25, -0.2) is 0 Å². The number of carboxylic acids is 1. The molecule has 0 aliphatic heterocycles. The molecule has 4 heteroatoms. The minimum absolute atomic E-state index is 0.136. The predicted molar refractivity (Wildman–Crippen MR) is 126 cm³/mol. The molecule has 1 amide bonds. The fourth-order valence-electron chi connectivity index (χ4n) is 4.27. The third-order valence-corrected chi connectivity index (χ3v) is 6.64. The molecule has 0 aromatic heterocycles. The van der Waals surface area contributed by atoms with Gasteiger partial charge in [-0.2, -0.15) is 0 Å². The van der Waals surface area contributed by atoms with Crippen LogP contribution in [0, 0.1) is 5.41 Å². The summed E-state index contributed by atoms with van der Waals surface area (Å²) in [7, 11) is 0. The molecule has 0 heterocycles. The molecular weight excluding hydrogens is 374 g/mol. The zero-order valence-corrected chi connectivity index (χ0v) is 19.7. The molecule has 0 aromatic rings. The molecule has 0 saturated heterocycles. The van der Waals surface area contributed by atoms with Gasteiger partial charge in [0.15, 0.2) is 0 Å². The van der Waals surface area contributed by atoms with E-state index in [1.54, 1.807) is 0 Å². The van der Waals surface area contributed by atoms with Crippen molar-refractivity contribution in [2.24, 2.45) is 5.41 Å². The van der Waals surface area contributed by atoms with Crippen LogP contribution >= 0.6 is 0 Å². The fourth-order valence-corrected chi connectivity index (χ4v) is 4.27. The van der Waals surface area contributed by atoms with E-state index in [1.807, 2.05) is 6.92 Å². The van der Waals surface area contributed by atoms with Gasteiger partial charge in [-0.1, -0.05) is 70.4 Å². The van der Waals surface area contributed by atoms with E-state index >= 15 is 0 Å². The van der Waals surface area contributed by atoms with Crippen molar-refractivity contribution in [2.45, 2.75) is 135 Å². The predicted octanol–water partition coefficient (Wildman–Crippen LogP) is 7.17. The molecule has 1 rings (SSSR count). The number of carbonyl (C=O) groups excluding carboxylic acids is 1. The Hall–Kier alpha value is -1.32. The summed E-state index contributed by atoms with van der Waals surface area (Å²) in [5.74, 6) is -0.572. The summed E-state index contributed by atoms with van der Waals surface area (Å²) in [4.78, 5) is 23.4. The molecule has 0 spiro atoms. The molecule has 30 heavy (non-hydrogen) atoms. The smallest absolute Gasteiger partial charge is 0.309 e. The number of hydrogen-bond donors (Lipinski definition) is 2. The Morgan fingerprint density at radius 1 is 0.867 bits per heavy atom. The lowest BCUT2D eigenvalue weighted by Crippen LogP contribution is -2.42. The quantitative estimate of drug-likeness (QED) is 0.193. The van der Waals surface area contributed by atoms with Gasteiger partial charge in [0.1, 0.15) is 0 Å². The molecule has 0 atom stereocenters. The van der Waals surface area contributed by atoms with Crippen molar-refractivity contribution >= 4 is 11.9 Å². The van der Waals surface area contributed by atoms with Crippen LogP contribution in [0.1, 0.15) is 129 Å². The second kappa shape index (κ2) is 16.4. The highest BCUT2D eigenvalue weighted by atomic mass is 16.4. The number of carboxylic acid groups (broad SMARTS) is 1. The van der Waals surface area contributed by atoms with Crippen molar-refractivity contribution in [2.75, 3.05) is 0 Å². The Labute approximate surface area is 185 Å². The van der Waals surface area contributed by atoms with Crippen LogP contribution in [0.15, 0.2) is 12.2 Å². The Balaban J connectivity index is 1.89. The third-order valence-electron chi connectivity index (χ3n) is 6.64. The SMILES string of the molecule is CCCCCCCCC=CCCCCCCCC(=O)NC1CCC(C)(C(=O)O)CC1. The summed E-state index contributed by atoms with van der Waals surface area (Å²) < 4.78 is 0. The molecule has 0 radical (unpaired) electrons. The summed E-state index contributed by atoms with van der Waals surface area (Å²) in [5, 5.41) is 12.4. The van der Waals surface area contributed by atoms with Crippen LogP contribution in [-0.2, 0) is 9.59 Å². The van der Waals surface area contributed by atoms with Crippen LogP contribution in [0.25, 0.3) is 0 Å². The summed E-state index contributed by atoms with van der Waals surface area (Å²) in [6.45, 7) is 4.08. The molecule has 2 N–H and O–H groups in total. The number of nitrogens with one attached hydrogen (secondary N) is 1. The van der Waals surface area contributed by atoms with E-state index in [4.69, 9.17) is 0 Å². The van der Waals surface area contributed by atoms with Gasteiger partial charge in [0.2, 0.25) is 5.91 Å². The third kappa shape index (κ3) is 12.4. The molecule has 1 saturated carbocycles. The maximum atomic E-state index is 12.1. The summed E-state index contributed by atoms with van der Waals surface area (Å²) in [6.07, 6.45) is 24.6. The van der Waals surface area contributed by atoms with Crippen molar-refractivity contribution in [1.29, 1.82) is 0 Å². The molecule has 0 bridgehead atoms. The van der Waals surface area contributed by atoms with E-state index in [0.717, 1.165) is 25.7 Å². The van der Waals surface area contributed by atoms with Gasteiger partial charge in [0.25, 0.3) is 0 Å². The van der Waals surface area contributed by atoms with Gasteiger partial charge in [-0.05, 0) is 64.7 Å². The molecular formula is C26H47NO3. The van der Waals surface area contributed by atoms with Crippen LogP contribution < -0.4 is 5.32 Å². The summed E-state index contributed by atoms with van der Waals surface area (Å²) in [6, 6.07) is 0.160. The zero-order valence-electron chi connectivity index (χ0n) is 19.7. The average Bonchev–Trinajstić information content (AvgIpc) is 2.72. The second-order valence-electron chi connectivity index (χ2n) is 9.54. The first-order valence-corrected chi connectivity index (χ1v) is 12.7. The number of unbranched alkanes of at least 4 members (excludes halogenated alkanes) is 11. The van der Waals surface area contributed by atoms with Crippen LogP contribution in [0.4, 0.5) is 0 Å². The van der Waals surface area contributed by atoms with Crippen LogP contribution in [-0.4, -0.2) is 23.0 Å². The van der Waals surface area contributed by atoms with Gasteiger partial charge in [-0.3, -0.25) is 9.59 Å². The van der Waals surface area contributed by atoms with Gasteiger partial charge in [0.05, 0.1) is 5.41 Å². The van der Waals surface area contributed by atoms with Gasteiger partial charge >= 0.3 is 5.97 Å². The van der Waals surface area contributed by atoms with E-state index < -0.39 is 11.4 Å². The topological polar surface area (TPSA) is 66.4 Å². The minimum atomic E-state index is -0.708. The Morgan fingerprint density at radius 2 is 1.37 bits per heavy atom. The highest BCUT2D eigenvalue weighted by Gasteiger charge is 2.37. The lowest BCUT2D eigenvalue weighted by atomic mass is 9.74. The van der Waals surface area contributed by atoms with Gasteiger partial charge in [-0.15, -0.1) is 0 Å². The van der Waals surface area contributed by atoms with Crippen molar-refractivity contribution < 1.29 is 14.7 Å². The Morgan fingerprint density at radius 3 is 1.90 bits per heavy atom. The first kappa shape index (κ1) is 26.7. The lowest BCUT2D eigenvalue weighted by Gasteiger charge is -2.34. The molecule has 0 aromatic carbocycles.